The van der Waals surface area contributed by atoms with Gasteiger partial charge in [-0.3, -0.25) is 0 Å². The fourth-order valence-corrected chi connectivity index (χ4v) is 8.69. The lowest BCUT2D eigenvalue weighted by Gasteiger charge is -2.36. The van der Waals surface area contributed by atoms with Crippen LogP contribution in [0, 0.1) is 0 Å². The molecule has 0 aliphatic heterocycles. The van der Waals surface area contributed by atoms with E-state index in [-0.39, 0.29) is 5.16 Å². The summed E-state index contributed by atoms with van der Waals surface area (Å²) in [6.45, 7) is 6.66. The topological polar surface area (TPSA) is 17.1 Å². The summed E-state index contributed by atoms with van der Waals surface area (Å²) >= 11 is 0. The molecular formula is C33H53OP. The molecule has 0 radical (unpaired) electrons. The lowest BCUT2D eigenvalue weighted by Crippen LogP contribution is -2.26. The lowest BCUT2D eigenvalue weighted by molar-refractivity contribution is 0.529. The number of rotatable bonds is 20. The third kappa shape index (κ3) is 10.3. The molecule has 0 bridgehead atoms. The Morgan fingerprint density at radius 1 is 0.543 bits per heavy atom. The normalized spacial score (nSPS) is 13.6. The van der Waals surface area contributed by atoms with Gasteiger partial charge in [-0.25, -0.2) is 0 Å². The first kappa shape index (κ1) is 29.9. The number of unbranched alkanes of at least 4 members (excludes halogenated alkanes) is 15. The number of benzene rings is 2. The highest BCUT2D eigenvalue weighted by atomic mass is 31.2. The molecule has 0 spiro atoms. The molecule has 0 aliphatic carbocycles. The maximum atomic E-state index is 14.6. The van der Waals surface area contributed by atoms with Gasteiger partial charge < -0.3 is 4.57 Å². The predicted octanol–water partition coefficient (Wildman–Crippen LogP) is 10.9. The van der Waals surface area contributed by atoms with E-state index in [1.807, 2.05) is 24.3 Å². The van der Waals surface area contributed by atoms with Gasteiger partial charge in [-0.15, -0.1) is 0 Å². The van der Waals surface area contributed by atoms with Crippen LogP contribution < -0.4 is 5.30 Å². The van der Waals surface area contributed by atoms with Gasteiger partial charge in [-0.1, -0.05) is 164 Å². The summed E-state index contributed by atoms with van der Waals surface area (Å²) in [7, 11) is -2.58. The average molecular weight is 497 g/mol. The SMILES string of the molecule is CCCCCCCCCCCCCCCCCCP(=O)(c1ccccc1)C(C)(C)c1ccccc1. The van der Waals surface area contributed by atoms with E-state index in [2.05, 4.69) is 57.2 Å². The first-order valence-electron chi connectivity index (χ1n) is 14.7. The Kier molecular flexibility index (Phi) is 14.7. The van der Waals surface area contributed by atoms with Gasteiger partial charge in [0.05, 0.1) is 0 Å². The summed E-state index contributed by atoms with van der Waals surface area (Å²) in [6.07, 6.45) is 22.6. The summed E-state index contributed by atoms with van der Waals surface area (Å²) in [5.41, 5.74) is 1.18. The van der Waals surface area contributed by atoms with E-state index >= 15 is 0 Å². The maximum Gasteiger partial charge on any atom is 0.125 e. The molecule has 0 saturated carbocycles. The highest BCUT2D eigenvalue weighted by Crippen LogP contribution is 2.62. The van der Waals surface area contributed by atoms with Gasteiger partial charge in [0.1, 0.15) is 7.14 Å². The minimum absolute atomic E-state index is 0.356. The van der Waals surface area contributed by atoms with Crippen molar-refractivity contribution in [3.8, 4) is 0 Å². The molecule has 0 fully saturated rings. The van der Waals surface area contributed by atoms with Crippen LogP contribution in [0.2, 0.25) is 0 Å². The fourth-order valence-electron chi connectivity index (χ4n) is 5.34. The molecule has 2 aromatic carbocycles. The molecule has 0 amide bonds. The molecule has 196 valence electrons. The summed E-state index contributed by atoms with van der Waals surface area (Å²) < 4.78 is 14.6. The van der Waals surface area contributed by atoms with Crippen LogP contribution in [0.25, 0.3) is 0 Å². The third-order valence-electron chi connectivity index (χ3n) is 7.88. The molecule has 35 heavy (non-hydrogen) atoms. The zero-order valence-electron chi connectivity index (χ0n) is 23.1. The van der Waals surface area contributed by atoms with Crippen molar-refractivity contribution in [2.45, 2.75) is 129 Å². The summed E-state index contributed by atoms with van der Waals surface area (Å²) in [5, 5.41) is 0.681. The van der Waals surface area contributed by atoms with Crippen LogP contribution in [0.15, 0.2) is 60.7 Å². The summed E-state index contributed by atoms with van der Waals surface area (Å²) in [5.74, 6) is 0. The van der Waals surface area contributed by atoms with E-state index in [0.29, 0.717) is 0 Å². The van der Waals surface area contributed by atoms with Crippen LogP contribution >= 0.6 is 7.14 Å². The van der Waals surface area contributed by atoms with Gasteiger partial charge in [-0.2, -0.15) is 0 Å². The van der Waals surface area contributed by atoms with Crippen LogP contribution in [-0.4, -0.2) is 6.16 Å². The molecule has 0 aliphatic rings. The van der Waals surface area contributed by atoms with Crippen LogP contribution in [0.3, 0.4) is 0 Å². The van der Waals surface area contributed by atoms with Crippen molar-refractivity contribution in [1.82, 2.24) is 0 Å². The first-order valence-corrected chi connectivity index (χ1v) is 16.6. The maximum absolute atomic E-state index is 14.6. The van der Waals surface area contributed by atoms with E-state index in [0.717, 1.165) is 17.9 Å². The van der Waals surface area contributed by atoms with Crippen molar-refractivity contribution >= 4 is 12.4 Å². The van der Waals surface area contributed by atoms with Gasteiger partial charge in [0.15, 0.2) is 0 Å². The Hall–Kier alpha value is -1.33. The van der Waals surface area contributed by atoms with Crippen LogP contribution in [0.4, 0.5) is 0 Å². The Balaban J connectivity index is 1.65. The Morgan fingerprint density at radius 3 is 1.34 bits per heavy atom. The second kappa shape index (κ2) is 17.2. The fraction of sp³-hybridized carbons (Fsp3) is 0.636. The van der Waals surface area contributed by atoms with Crippen LogP contribution in [0.5, 0.6) is 0 Å². The van der Waals surface area contributed by atoms with Gasteiger partial charge in [0.25, 0.3) is 0 Å². The summed E-state index contributed by atoms with van der Waals surface area (Å²) in [6, 6.07) is 20.7. The van der Waals surface area contributed by atoms with E-state index < -0.39 is 7.14 Å². The van der Waals surface area contributed by atoms with Crippen molar-refractivity contribution in [2.24, 2.45) is 0 Å². The number of hydrogen-bond donors (Lipinski definition) is 0. The molecular weight excluding hydrogens is 443 g/mol. The molecule has 0 saturated heterocycles. The first-order chi connectivity index (χ1) is 17.0. The number of hydrogen-bond acceptors (Lipinski definition) is 1. The summed E-state index contributed by atoms with van der Waals surface area (Å²) in [4.78, 5) is 0. The van der Waals surface area contributed by atoms with E-state index in [9.17, 15) is 4.57 Å². The highest BCUT2D eigenvalue weighted by Gasteiger charge is 2.42. The highest BCUT2D eigenvalue weighted by molar-refractivity contribution is 7.72. The molecule has 0 N–H and O–H groups in total. The van der Waals surface area contributed by atoms with E-state index in [1.165, 1.54) is 102 Å². The van der Waals surface area contributed by atoms with E-state index in [1.54, 1.807) is 0 Å². The second-order valence-electron chi connectivity index (χ2n) is 11.0. The molecule has 2 aromatic rings. The van der Waals surface area contributed by atoms with Gasteiger partial charge in [0, 0.05) is 16.6 Å². The van der Waals surface area contributed by atoms with Crippen molar-refractivity contribution < 1.29 is 4.57 Å². The van der Waals surface area contributed by atoms with E-state index in [4.69, 9.17) is 0 Å². The van der Waals surface area contributed by atoms with Crippen molar-refractivity contribution in [2.75, 3.05) is 6.16 Å². The Bertz CT molecular complexity index is 812. The van der Waals surface area contributed by atoms with Crippen LogP contribution in [-0.2, 0) is 9.72 Å². The molecule has 2 rings (SSSR count). The zero-order valence-corrected chi connectivity index (χ0v) is 24.0. The zero-order chi connectivity index (χ0) is 25.2. The minimum Gasteiger partial charge on any atom is -0.318 e. The molecule has 0 aromatic heterocycles. The average Bonchev–Trinajstić information content (AvgIpc) is 2.89. The van der Waals surface area contributed by atoms with Crippen molar-refractivity contribution in [3.63, 3.8) is 0 Å². The van der Waals surface area contributed by atoms with Gasteiger partial charge in [-0.05, 0) is 25.8 Å². The molecule has 1 atom stereocenters. The van der Waals surface area contributed by atoms with Gasteiger partial charge >= 0.3 is 0 Å². The van der Waals surface area contributed by atoms with Crippen LogP contribution in [0.1, 0.15) is 129 Å². The smallest absolute Gasteiger partial charge is 0.125 e. The van der Waals surface area contributed by atoms with Gasteiger partial charge in [0.2, 0.25) is 0 Å². The monoisotopic (exact) mass is 496 g/mol. The molecule has 2 heteroatoms. The Labute approximate surface area is 217 Å². The second-order valence-corrected chi connectivity index (χ2v) is 14.6. The molecule has 1 unspecified atom stereocenters. The van der Waals surface area contributed by atoms with Crippen molar-refractivity contribution in [1.29, 1.82) is 0 Å². The Morgan fingerprint density at radius 2 is 0.914 bits per heavy atom. The third-order valence-corrected chi connectivity index (χ3v) is 12.0. The molecule has 1 nitrogen and oxygen atoms in total. The standard InChI is InChI=1S/C33H53OP/c1-4-5-6-7-8-9-10-11-12-13-14-15-16-17-18-25-30-35(34,32-28-23-20-24-29-32)33(2,3)31-26-21-19-22-27-31/h19-24,26-29H,4-18,25,30H2,1-3H3. The van der Waals surface area contributed by atoms with Crippen molar-refractivity contribution in [3.05, 3.63) is 66.2 Å². The largest absolute Gasteiger partial charge is 0.318 e. The lowest BCUT2D eigenvalue weighted by atomic mass is 10.0. The quantitative estimate of drug-likeness (QED) is 0.132. The predicted molar refractivity (Wildman–Crippen MR) is 158 cm³/mol. The molecule has 0 heterocycles. The minimum atomic E-state index is -2.58.